The summed E-state index contributed by atoms with van der Waals surface area (Å²) in [5.74, 6) is 0.363. The molecule has 0 aliphatic heterocycles. The van der Waals surface area contributed by atoms with Gasteiger partial charge in [0.2, 0.25) is 0 Å². The number of methoxy groups -OCH3 is 1. The van der Waals surface area contributed by atoms with Crippen LogP contribution in [0.25, 0.3) is 10.9 Å². The van der Waals surface area contributed by atoms with Crippen LogP contribution in [0.1, 0.15) is 35.3 Å². The largest absolute Gasteiger partial charge is 0.496 e. The normalized spacial score (nSPS) is 11.0. The highest BCUT2D eigenvalue weighted by molar-refractivity contribution is 5.97. The van der Waals surface area contributed by atoms with Crippen LogP contribution >= 0.6 is 0 Å². The van der Waals surface area contributed by atoms with Gasteiger partial charge < -0.3 is 14.6 Å². The summed E-state index contributed by atoms with van der Waals surface area (Å²) in [6.45, 7) is 6.11. The van der Waals surface area contributed by atoms with E-state index >= 15 is 0 Å². The lowest BCUT2D eigenvalue weighted by Crippen LogP contribution is -2.38. The summed E-state index contributed by atoms with van der Waals surface area (Å²) in [4.78, 5) is 30.3. The van der Waals surface area contributed by atoms with E-state index in [1.807, 2.05) is 51.1 Å². The number of aromatic amines is 1. The van der Waals surface area contributed by atoms with Gasteiger partial charge in [-0.15, -0.1) is 0 Å². The van der Waals surface area contributed by atoms with E-state index in [2.05, 4.69) is 4.98 Å². The summed E-state index contributed by atoms with van der Waals surface area (Å²) in [6.07, 6.45) is 0. The van der Waals surface area contributed by atoms with Crippen molar-refractivity contribution in [2.75, 3.05) is 7.11 Å². The third-order valence-electron chi connectivity index (χ3n) is 4.64. The van der Waals surface area contributed by atoms with E-state index in [1.165, 1.54) is 0 Å². The fraction of sp³-hybridized carbons (Fsp3) is 0.273. The Kier molecular flexibility index (Phi) is 5.31. The average molecular weight is 364 g/mol. The van der Waals surface area contributed by atoms with Crippen molar-refractivity contribution in [1.82, 2.24) is 9.88 Å². The maximum absolute atomic E-state index is 13.1. The Hall–Kier alpha value is -3.08. The molecule has 1 N–H and O–H groups in total. The van der Waals surface area contributed by atoms with E-state index in [1.54, 1.807) is 30.2 Å². The van der Waals surface area contributed by atoms with Crippen LogP contribution in [0, 0.1) is 6.92 Å². The van der Waals surface area contributed by atoms with Gasteiger partial charge in [-0.3, -0.25) is 9.59 Å². The highest BCUT2D eigenvalue weighted by atomic mass is 16.5. The van der Waals surface area contributed by atoms with Crippen LogP contribution in [0.2, 0.25) is 0 Å². The van der Waals surface area contributed by atoms with Crippen molar-refractivity contribution >= 4 is 16.8 Å². The first-order valence-electron chi connectivity index (χ1n) is 8.97. The van der Waals surface area contributed by atoms with Crippen LogP contribution < -0.4 is 10.3 Å². The Bertz CT molecular complexity index is 1040. The molecule has 0 fully saturated rings. The van der Waals surface area contributed by atoms with E-state index in [9.17, 15) is 9.59 Å². The predicted molar refractivity (Wildman–Crippen MR) is 107 cm³/mol. The third-order valence-corrected chi connectivity index (χ3v) is 4.64. The highest BCUT2D eigenvalue weighted by Crippen LogP contribution is 2.22. The summed E-state index contributed by atoms with van der Waals surface area (Å²) in [7, 11) is 1.54. The number of aryl methyl sites for hydroxylation is 1. The SMILES string of the molecule is COc1ccccc1C(=O)N(Cc1cc2cc(C)ccc2[nH]c1=O)C(C)C. The number of ether oxygens (including phenoxy) is 1. The number of rotatable bonds is 5. The molecule has 0 aliphatic carbocycles. The van der Waals surface area contributed by atoms with Crippen molar-refractivity contribution in [3.8, 4) is 5.75 Å². The fourth-order valence-electron chi connectivity index (χ4n) is 3.14. The standard InChI is InChI=1S/C22H24N2O3/c1-14(2)24(22(26)18-7-5-6-8-20(18)27-4)13-17-12-16-11-15(3)9-10-19(16)23-21(17)25/h5-12,14H,13H2,1-4H3,(H,23,25). The van der Waals surface area contributed by atoms with Crippen molar-refractivity contribution in [2.45, 2.75) is 33.4 Å². The minimum atomic E-state index is -0.176. The first-order chi connectivity index (χ1) is 12.9. The number of aromatic nitrogens is 1. The zero-order chi connectivity index (χ0) is 19.6. The fourth-order valence-corrected chi connectivity index (χ4v) is 3.14. The van der Waals surface area contributed by atoms with E-state index in [0.29, 0.717) is 16.9 Å². The lowest BCUT2D eigenvalue weighted by atomic mass is 10.1. The molecule has 0 unspecified atom stereocenters. The van der Waals surface area contributed by atoms with Gasteiger partial charge in [-0.2, -0.15) is 0 Å². The summed E-state index contributed by atoms with van der Waals surface area (Å²) in [6, 6.07) is 14.8. The van der Waals surface area contributed by atoms with Crippen molar-refractivity contribution < 1.29 is 9.53 Å². The Balaban J connectivity index is 2.00. The number of hydrogen-bond donors (Lipinski definition) is 1. The molecule has 1 heterocycles. The number of amides is 1. The van der Waals surface area contributed by atoms with Crippen LogP contribution in [0.3, 0.4) is 0 Å². The molecule has 0 aliphatic rings. The molecule has 3 aromatic rings. The Morgan fingerprint density at radius 3 is 2.59 bits per heavy atom. The molecule has 3 rings (SSSR count). The molecule has 2 aromatic carbocycles. The lowest BCUT2D eigenvalue weighted by Gasteiger charge is -2.27. The van der Waals surface area contributed by atoms with Gasteiger partial charge in [-0.1, -0.05) is 23.8 Å². The number of carbonyl (C=O) groups is 1. The van der Waals surface area contributed by atoms with E-state index in [0.717, 1.165) is 16.5 Å². The third kappa shape index (κ3) is 3.87. The molecule has 5 heteroatoms. The van der Waals surface area contributed by atoms with Crippen LogP contribution in [0.15, 0.2) is 53.3 Å². The van der Waals surface area contributed by atoms with E-state index < -0.39 is 0 Å². The molecular weight excluding hydrogens is 340 g/mol. The molecule has 0 spiro atoms. The molecule has 0 saturated carbocycles. The van der Waals surface area contributed by atoms with Crippen molar-refractivity contribution in [2.24, 2.45) is 0 Å². The zero-order valence-corrected chi connectivity index (χ0v) is 16.1. The smallest absolute Gasteiger partial charge is 0.258 e. The number of fused-ring (bicyclic) bond motifs is 1. The summed E-state index contributed by atoms with van der Waals surface area (Å²) < 4.78 is 5.33. The second-order valence-electron chi connectivity index (χ2n) is 6.94. The van der Waals surface area contributed by atoms with Gasteiger partial charge in [-0.25, -0.2) is 0 Å². The number of nitrogens with one attached hydrogen (secondary N) is 1. The predicted octanol–water partition coefficient (Wildman–Crippen LogP) is 3.90. The molecule has 0 radical (unpaired) electrons. The minimum absolute atomic E-state index is 0.0741. The van der Waals surface area contributed by atoms with Gasteiger partial charge in [-0.05, 0) is 56.5 Å². The number of benzene rings is 2. The molecule has 0 atom stereocenters. The summed E-state index contributed by atoms with van der Waals surface area (Å²) in [5.41, 5.74) is 2.78. The van der Waals surface area contributed by atoms with Crippen molar-refractivity contribution in [3.63, 3.8) is 0 Å². The first kappa shape index (κ1) is 18.7. The van der Waals surface area contributed by atoms with Gasteiger partial charge in [0.1, 0.15) is 5.75 Å². The molecule has 0 saturated heterocycles. The van der Waals surface area contributed by atoms with Gasteiger partial charge in [0, 0.05) is 17.1 Å². The maximum Gasteiger partial charge on any atom is 0.258 e. The number of pyridine rings is 1. The molecule has 5 nitrogen and oxygen atoms in total. The highest BCUT2D eigenvalue weighted by Gasteiger charge is 2.23. The van der Waals surface area contributed by atoms with Crippen molar-refractivity contribution in [1.29, 1.82) is 0 Å². The maximum atomic E-state index is 13.1. The van der Waals surface area contributed by atoms with Crippen LogP contribution in [-0.4, -0.2) is 28.9 Å². The lowest BCUT2D eigenvalue weighted by molar-refractivity contribution is 0.0686. The van der Waals surface area contributed by atoms with E-state index in [-0.39, 0.29) is 24.1 Å². The van der Waals surface area contributed by atoms with Crippen LogP contribution in [0.5, 0.6) is 5.75 Å². The molecule has 27 heavy (non-hydrogen) atoms. The molecular formula is C22H24N2O3. The average Bonchev–Trinajstić information content (AvgIpc) is 2.65. The van der Waals surface area contributed by atoms with E-state index in [4.69, 9.17) is 4.74 Å². The second kappa shape index (κ2) is 7.66. The van der Waals surface area contributed by atoms with Crippen LogP contribution in [0.4, 0.5) is 0 Å². The summed E-state index contributed by atoms with van der Waals surface area (Å²) in [5, 5.41) is 0.957. The zero-order valence-electron chi connectivity index (χ0n) is 16.1. The number of hydrogen-bond acceptors (Lipinski definition) is 3. The van der Waals surface area contributed by atoms with Gasteiger partial charge >= 0.3 is 0 Å². The van der Waals surface area contributed by atoms with Gasteiger partial charge in [0.05, 0.1) is 19.2 Å². The molecule has 140 valence electrons. The molecule has 1 aromatic heterocycles. The number of nitrogens with zero attached hydrogens (tertiary/aromatic N) is 1. The topological polar surface area (TPSA) is 62.4 Å². The Morgan fingerprint density at radius 1 is 1.15 bits per heavy atom. The quantitative estimate of drug-likeness (QED) is 0.747. The van der Waals surface area contributed by atoms with Gasteiger partial charge in [0.15, 0.2) is 0 Å². The monoisotopic (exact) mass is 364 g/mol. The Labute approximate surface area is 158 Å². The molecule has 0 bridgehead atoms. The first-order valence-corrected chi connectivity index (χ1v) is 8.97. The minimum Gasteiger partial charge on any atom is -0.496 e. The van der Waals surface area contributed by atoms with Crippen LogP contribution in [-0.2, 0) is 6.54 Å². The summed E-state index contributed by atoms with van der Waals surface area (Å²) >= 11 is 0. The van der Waals surface area contributed by atoms with Crippen molar-refractivity contribution in [3.05, 3.63) is 75.6 Å². The number of para-hydroxylation sites is 1. The second-order valence-corrected chi connectivity index (χ2v) is 6.94. The number of carbonyl (C=O) groups excluding carboxylic acids is 1. The number of H-pyrrole nitrogens is 1. The van der Waals surface area contributed by atoms with Gasteiger partial charge in [0.25, 0.3) is 11.5 Å². The molecule has 1 amide bonds. The Morgan fingerprint density at radius 2 is 1.89 bits per heavy atom.